The number of nitrogens with one attached hydrogen (secondary N) is 2. The highest BCUT2D eigenvalue weighted by molar-refractivity contribution is 7.15. The highest BCUT2D eigenvalue weighted by Crippen LogP contribution is 2.29. The number of benzene rings is 1. The summed E-state index contributed by atoms with van der Waals surface area (Å²) in [5.74, 6) is 0.534. The molecule has 0 unspecified atom stereocenters. The SMILES string of the molecule is CCCc1nnc(NC(=O)CCC(=O)Nc2cc(OC)ccc2OC)s1. The normalized spacial score (nSPS) is 10.3. The van der Waals surface area contributed by atoms with Crippen LogP contribution in [-0.4, -0.2) is 36.2 Å². The summed E-state index contributed by atoms with van der Waals surface area (Å²) in [5.41, 5.74) is 0.491. The Morgan fingerprint density at radius 3 is 2.46 bits per heavy atom. The van der Waals surface area contributed by atoms with Crippen molar-refractivity contribution in [2.24, 2.45) is 0 Å². The molecule has 1 aromatic carbocycles. The molecule has 0 aliphatic rings. The minimum atomic E-state index is -0.296. The van der Waals surface area contributed by atoms with E-state index in [1.165, 1.54) is 25.6 Å². The van der Waals surface area contributed by atoms with Gasteiger partial charge in [0, 0.05) is 25.3 Å². The van der Waals surface area contributed by atoms with Crippen molar-refractivity contribution in [2.75, 3.05) is 24.9 Å². The summed E-state index contributed by atoms with van der Waals surface area (Å²) in [7, 11) is 3.05. The molecule has 2 rings (SSSR count). The fourth-order valence-electron chi connectivity index (χ4n) is 2.15. The van der Waals surface area contributed by atoms with Gasteiger partial charge in [0.25, 0.3) is 0 Å². The summed E-state index contributed by atoms with van der Waals surface area (Å²) in [6.07, 6.45) is 1.88. The molecule has 26 heavy (non-hydrogen) atoms. The summed E-state index contributed by atoms with van der Waals surface area (Å²) < 4.78 is 10.3. The number of hydrogen-bond acceptors (Lipinski definition) is 7. The number of methoxy groups -OCH3 is 2. The topological polar surface area (TPSA) is 102 Å². The standard InChI is InChI=1S/C17H22N4O4S/c1-4-5-16-20-21-17(26-16)19-15(23)9-8-14(22)18-12-10-11(24-2)6-7-13(12)25-3/h6-7,10H,4-5,8-9H2,1-3H3,(H,18,22)(H,19,21,23). The van der Waals surface area contributed by atoms with Gasteiger partial charge in [-0.1, -0.05) is 18.3 Å². The first-order chi connectivity index (χ1) is 12.5. The lowest BCUT2D eigenvalue weighted by molar-refractivity contribution is -0.121. The van der Waals surface area contributed by atoms with Crippen LogP contribution in [0.25, 0.3) is 0 Å². The van der Waals surface area contributed by atoms with Crippen LogP contribution in [0.2, 0.25) is 0 Å². The van der Waals surface area contributed by atoms with Gasteiger partial charge in [-0.25, -0.2) is 0 Å². The average Bonchev–Trinajstić information content (AvgIpc) is 3.07. The third-order valence-corrected chi connectivity index (χ3v) is 4.34. The van der Waals surface area contributed by atoms with Gasteiger partial charge in [-0.05, 0) is 18.6 Å². The molecule has 0 radical (unpaired) electrons. The molecule has 2 aromatic rings. The maximum absolute atomic E-state index is 12.1. The maximum atomic E-state index is 12.1. The molecule has 0 saturated heterocycles. The molecule has 0 spiro atoms. The van der Waals surface area contributed by atoms with Crippen LogP contribution < -0.4 is 20.1 Å². The molecule has 2 N–H and O–H groups in total. The van der Waals surface area contributed by atoms with E-state index in [1.54, 1.807) is 18.2 Å². The Morgan fingerprint density at radius 2 is 1.81 bits per heavy atom. The van der Waals surface area contributed by atoms with Crippen LogP contribution >= 0.6 is 11.3 Å². The van der Waals surface area contributed by atoms with Gasteiger partial charge in [-0.3, -0.25) is 9.59 Å². The lowest BCUT2D eigenvalue weighted by atomic mass is 10.2. The molecule has 0 saturated carbocycles. The minimum Gasteiger partial charge on any atom is -0.497 e. The third-order valence-electron chi connectivity index (χ3n) is 3.44. The van der Waals surface area contributed by atoms with E-state index in [4.69, 9.17) is 9.47 Å². The fraction of sp³-hybridized carbons (Fsp3) is 0.412. The van der Waals surface area contributed by atoms with E-state index in [0.29, 0.717) is 22.3 Å². The van der Waals surface area contributed by atoms with Crippen LogP contribution in [0.1, 0.15) is 31.2 Å². The van der Waals surface area contributed by atoms with E-state index >= 15 is 0 Å². The lowest BCUT2D eigenvalue weighted by Gasteiger charge is -2.11. The maximum Gasteiger partial charge on any atom is 0.226 e. The number of rotatable bonds is 9. The second-order valence-electron chi connectivity index (χ2n) is 5.41. The van der Waals surface area contributed by atoms with Crippen molar-refractivity contribution in [3.05, 3.63) is 23.2 Å². The van der Waals surface area contributed by atoms with Crippen molar-refractivity contribution < 1.29 is 19.1 Å². The molecule has 0 aliphatic carbocycles. The largest absolute Gasteiger partial charge is 0.497 e. The van der Waals surface area contributed by atoms with E-state index in [2.05, 4.69) is 27.8 Å². The Kier molecular flexibility index (Phi) is 7.34. The van der Waals surface area contributed by atoms with Crippen molar-refractivity contribution in [1.29, 1.82) is 0 Å². The zero-order valence-corrected chi connectivity index (χ0v) is 15.8. The average molecular weight is 378 g/mol. The number of carbonyl (C=O) groups is 2. The second-order valence-corrected chi connectivity index (χ2v) is 6.48. The Balaban J connectivity index is 1.85. The highest BCUT2D eigenvalue weighted by Gasteiger charge is 2.13. The Hall–Kier alpha value is -2.68. The van der Waals surface area contributed by atoms with Crippen molar-refractivity contribution >= 4 is 34.0 Å². The fourth-order valence-corrected chi connectivity index (χ4v) is 3.01. The molecule has 2 amide bonds. The molecule has 0 aliphatic heterocycles. The minimum absolute atomic E-state index is 0.0345. The predicted octanol–water partition coefficient (Wildman–Crippen LogP) is 2.87. The van der Waals surface area contributed by atoms with Crippen molar-refractivity contribution in [1.82, 2.24) is 10.2 Å². The third kappa shape index (κ3) is 5.69. The first kappa shape index (κ1) is 19.6. The highest BCUT2D eigenvalue weighted by atomic mass is 32.1. The molecular formula is C17H22N4O4S. The first-order valence-electron chi connectivity index (χ1n) is 8.19. The molecule has 1 heterocycles. The summed E-state index contributed by atoms with van der Waals surface area (Å²) in [6.45, 7) is 2.05. The van der Waals surface area contributed by atoms with E-state index in [0.717, 1.165) is 17.8 Å². The molecule has 0 bridgehead atoms. The number of ether oxygens (including phenoxy) is 2. The van der Waals surface area contributed by atoms with E-state index in [1.807, 2.05) is 0 Å². The number of amides is 2. The quantitative estimate of drug-likeness (QED) is 0.696. The number of nitrogens with zero attached hydrogens (tertiary/aromatic N) is 2. The molecule has 1 aromatic heterocycles. The molecule has 0 atom stereocenters. The Bertz CT molecular complexity index is 763. The van der Waals surface area contributed by atoms with Crippen LogP contribution in [0.4, 0.5) is 10.8 Å². The summed E-state index contributed by atoms with van der Waals surface area (Å²) in [4.78, 5) is 24.1. The summed E-state index contributed by atoms with van der Waals surface area (Å²) in [5, 5.41) is 14.6. The van der Waals surface area contributed by atoms with Gasteiger partial charge < -0.3 is 20.1 Å². The van der Waals surface area contributed by atoms with Crippen LogP contribution in [0.3, 0.4) is 0 Å². The zero-order valence-electron chi connectivity index (χ0n) is 15.0. The first-order valence-corrected chi connectivity index (χ1v) is 9.01. The molecule has 140 valence electrons. The Morgan fingerprint density at radius 1 is 1.08 bits per heavy atom. The predicted molar refractivity (Wildman–Crippen MR) is 99.9 cm³/mol. The van der Waals surface area contributed by atoms with Crippen molar-refractivity contribution in [2.45, 2.75) is 32.6 Å². The van der Waals surface area contributed by atoms with Crippen LogP contribution in [0.15, 0.2) is 18.2 Å². The zero-order chi connectivity index (χ0) is 18.9. The number of hydrogen-bond donors (Lipinski definition) is 2. The van der Waals surface area contributed by atoms with Gasteiger partial charge in [0.2, 0.25) is 16.9 Å². The molecule has 9 heteroatoms. The second kappa shape index (κ2) is 9.71. The smallest absolute Gasteiger partial charge is 0.226 e. The lowest BCUT2D eigenvalue weighted by Crippen LogP contribution is -2.17. The van der Waals surface area contributed by atoms with Crippen LogP contribution in [-0.2, 0) is 16.0 Å². The number of anilines is 2. The van der Waals surface area contributed by atoms with Crippen LogP contribution in [0.5, 0.6) is 11.5 Å². The van der Waals surface area contributed by atoms with Gasteiger partial charge in [0.1, 0.15) is 16.5 Å². The van der Waals surface area contributed by atoms with Gasteiger partial charge in [0.15, 0.2) is 0 Å². The van der Waals surface area contributed by atoms with E-state index in [9.17, 15) is 9.59 Å². The molecule has 0 fully saturated rings. The Labute approximate surface area is 155 Å². The summed E-state index contributed by atoms with van der Waals surface area (Å²) >= 11 is 1.35. The van der Waals surface area contributed by atoms with Gasteiger partial charge in [-0.15, -0.1) is 10.2 Å². The van der Waals surface area contributed by atoms with E-state index in [-0.39, 0.29) is 24.7 Å². The molecular weight excluding hydrogens is 356 g/mol. The monoisotopic (exact) mass is 378 g/mol. The molecule has 8 nitrogen and oxygen atoms in total. The number of aryl methyl sites for hydroxylation is 1. The number of aromatic nitrogens is 2. The van der Waals surface area contributed by atoms with E-state index < -0.39 is 0 Å². The number of carbonyl (C=O) groups excluding carboxylic acids is 2. The summed E-state index contributed by atoms with van der Waals surface area (Å²) in [6, 6.07) is 5.09. The van der Waals surface area contributed by atoms with Crippen molar-refractivity contribution in [3.8, 4) is 11.5 Å². The van der Waals surface area contributed by atoms with Crippen LogP contribution in [0, 0.1) is 0 Å². The van der Waals surface area contributed by atoms with Gasteiger partial charge in [0.05, 0.1) is 19.9 Å². The van der Waals surface area contributed by atoms with Gasteiger partial charge >= 0.3 is 0 Å². The van der Waals surface area contributed by atoms with Crippen molar-refractivity contribution in [3.63, 3.8) is 0 Å². The van der Waals surface area contributed by atoms with Gasteiger partial charge in [-0.2, -0.15) is 0 Å².